The molecule has 21 heavy (non-hydrogen) atoms. The lowest BCUT2D eigenvalue weighted by atomic mass is 10.2. The molecule has 0 unspecified atom stereocenters. The van der Waals surface area contributed by atoms with Crippen LogP contribution >= 0.6 is 0 Å². The third kappa shape index (κ3) is 3.26. The summed E-state index contributed by atoms with van der Waals surface area (Å²) < 4.78 is 33.8. The van der Waals surface area contributed by atoms with Crippen molar-refractivity contribution in [1.82, 2.24) is 24.9 Å². The average molecular weight is 309 g/mol. The van der Waals surface area contributed by atoms with E-state index in [1.165, 1.54) is 23.1 Å². The fourth-order valence-corrected chi connectivity index (χ4v) is 3.22. The van der Waals surface area contributed by atoms with Crippen LogP contribution in [0.1, 0.15) is 12.8 Å². The highest BCUT2D eigenvalue weighted by atomic mass is 32.2. The Kier molecular flexibility index (Phi) is 3.95. The molecule has 0 spiro atoms. The van der Waals surface area contributed by atoms with Crippen LogP contribution in [0.2, 0.25) is 0 Å². The summed E-state index contributed by atoms with van der Waals surface area (Å²) in [6, 6.07) is 6.34. The fraction of sp³-hybridized carbons (Fsp3) is 0.417. The van der Waals surface area contributed by atoms with Gasteiger partial charge in [0.1, 0.15) is 6.33 Å². The van der Waals surface area contributed by atoms with E-state index in [-0.39, 0.29) is 11.0 Å². The topological polar surface area (TPSA) is 99.0 Å². The van der Waals surface area contributed by atoms with Crippen LogP contribution in [0, 0.1) is 0 Å². The Balaban J connectivity index is 1.70. The van der Waals surface area contributed by atoms with Crippen molar-refractivity contribution in [2.45, 2.75) is 23.8 Å². The summed E-state index contributed by atoms with van der Waals surface area (Å²) in [6.45, 7) is 1.00. The van der Waals surface area contributed by atoms with Gasteiger partial charge in [-0.15, -0.1) is 5.10 Å². The molecule has 0 amide bonds. The third-order valence-electron chi connectivity index (χ3n) is 3.29. The van der Waals surface area contributed by atoms with E-state index < -0.39 is 10.0 Å². The molecule has 2 heterocycles. The maximum Gasteiger partial charge on any atom is 0.240 e. The molecule has 9 heteroatoms. The molecule has 0 bridgehead atoms. The van der Waals surface area contributed by atoms with E-state index >= 15 is 0 Å². The number of aromatic nitrogens is 4. The van der Waals surface area contributed by atoms with Crippen molar-refractivity contribution in [2.24, 2.45) is 0 Å². The minimum Gasteiger partial charge on any atom is -0.377 e. The molecule has 1 aromatic carbocycles. The van der Waals surface area contributed by atoms with Crippen LogP contribution in [0.3, 0.4) is 0 Å². The van der Waals surface area contributed by atoms with Gasteiger partial charge >= 0.3 is 0 Å². The first-order valence-electron chi connectivity index (χ1n) is 6.60. The first kappa shape index (κ1) is 14.1. The zero-order chi connectivity index (χ0) is 14.7. The summed E-state index contributed by atoms with van der Waals surface area (Å²) in [6.07, 6.45) is 3.28. The number of tetrazole rings is 1. The number of nitrogens with one attached hydrogen (secondary N) is 1. The van der Waals surface area contributed by atoms with Gasteiger partial charge in [0.2, 0.25) is 10.0 Å². The Labute approximate surface area is 122 Å². The minimum absolute atomic E-state index is 0.0275. The van der Waals surface area contributed by atoms with E-state index in [9.17, 15) is 8.42 Å². The van der Waals surface area contributed by atoms with Crippen molar-refractivity contribution in [3.63, 3.8) is 0 Å². The van der Waals surface area contributed by atoms with Crippen LogP contribution in [0.25, 0.3) is 5.69 Å². The smallest absolute Gasteiger partial charge is 0.240 e. The van der Waals surface area contributed by atoms with Gasteiger partial charge < -0.3 is 4.74 Å². The van der Waals surface area contributed by atoms with E-state index in [2.05, 4.69) is 20.2 Å². The number of benzene rings is 1. The molecule has 1 N–H and O–H groups in total. The van der Waals surface area contributed by atoms with E-state index in [1.807, 2.05) is 0 Å². The molecule has 1 atom stereocenters. The summed E-state index contributed by atoms with van der Waals surface area (Å²) in [7, 11) is -3.52. The second-order valence-corrected chi connectivity index (χ2v) is 6.50. The lowest BCUT2D eigenvalue weighted by Gasteiger charge is -2.11. The van der Waals surface area contributed by atoms with E-state index in [1.54, 1.807) is 12.1 Å². The second kappa shape index (κ2) is 5.88. The van der Waals surface area contributed by atoms with Gasteiger partial charge in [-0.1, -0.05) is 0 Å². The Morgan fingerprint density at radius 1 is 1.33 bits per heavy atom. The normalized spacial score (nSPS) is 19.0. The SMILES string of the molecule is O=S(=O)(NC[C@@H]1CCCO1)c1ccc(-n2cnnn2)cc1. The number of hydrogen-bond donors (Lipinski definition) is 1. The predicted molar refractivity (Wildman–Crippen MR) is 73.3 cm³/mol. The van der Waals surface area contributed by atoms with Crippen LogP contribution in [-0.4, -0.2) is 47.9 Å². The van der Waals surface area contributed by atoms with Crippen LogP contribution in [0.5, 0.6) is 0 Å². The molecule has 112 valence electrons. The van der Waals surface area contributed by atoms with Crippen molar-refractivity contribution >= 4 is 10.0 Å². The van der Waals surface area contributed by atoms with Crippen LogP contribution in [0.4, 0.5) is 0 Å². The number of rotatable bonds is 5. The van der Waals surface area contributed by atoms with Gasteiger partial charge in [-0.2, -0.15) is 0 Å². The Morgan fingerprint density at radius 3 is 2.76 bits per heavy atom. The van der Waals surface area contributed by atoms with Crippen LogP contribution < -0.4 is 4.72 Å². The molecule has 0 radical (unpaired) electrons. The number of nitrogens with zero attached hydrogens (tertiary/aromatic N) is 4. The maximum absolute atomic E-state index is 12.2. The van der Waals surface area contributed by atoms with Crippen LogP contribution in [-0.2, 0) is 14.8 Å². The Morgan fingerprint density at radius 2 is 2.14 bits per heavy atom. The summed E-state index contributed by atoms with van der Waals surface area (Å²) in [4.78, 5) is 0.206. The highest BCUT2D eigenvalue weighted by Gasteiger charge is 2.20. The molecule has 0 saturated carbocycles. The van der Waals surface area contributed by atoms with Gasteiger partial charge in [0.25, 0.3) is 0 Å². The molecule has 8 nitrogen and oxygen atoms in total. The Hall–Kier alpha value is -1.84. The molecule has 1 saturated heterocycles. The lowest BCUT2D eigenvalue weighted by molar-refractivity contribution is 0.114. The lowest BCUT2D eigenvalue weighted by Crippen LogP contribution is -2.31. The molecular formula is C12H15N5O3S. The maximum atomic E-state index is 12.2. The summed E-state index contributed by atoms with van der Waals surface area (Å²) in [5.41, 5.74) is 0.693. The van der Waals surface area contributed by atoms with E-state index in [4.69, 9.17) is 4.74 Å². The van der Waals surface area contributed by atoms with Crippen molar-refractivity contribution in [3.8, 4) is 5.69 Å². The van der Waals surface area contributed by atoms with Gasteiger partial charge in [0.15, 0.2) is 0 Å². The summed E-state index contributed by atoms with van der Waals surface area (Å²) >= 11 is 0. The highest BCUT2D eigenvalue weighted by molar-refractivity contribution is 7.89. The molecule has 3 rings (SSSR count). The molecular weight excluding hydrogens is 294 g/mol. The van der Waals surface area contributed by atoms with Gasteiger partial charge in [-0.05, 0) is 47.5 Å². The largest absolute Gasteiger partial charge is 0.377 e. The van der Waals surface area contributed by atoms with Crippen LogP contribution in [0.15, 0.2) is 35.5 Å². The highest BCUT2D eigenvalue weighted by Crippen LogP contribution is 2.15. The third-order valence-corrected chi connectivity index (χ3v) is 4.73. The molecule has 2 aromatic rings. The first-order valence-corrected chi connectivity index (χ1v) is 8.08. The van der Waals surface area contributed by atoms with Gasteiger partial charge in [0, 0.05) is 13.2 Å². The number of sulfonamides is 1. The first-order chi connectivity index (χ1) is 10.1. The molecule has 0 aliphatic carbocycles. The van der Waals surface area contributed by atoms with E-state index in [0.717, 1.165) is 12.8 Å². The molecule has 1 aliphatic rings. The fourth-order valence-electron chi connectivity index (χ4n) is 2.15. The van der Waals surface area contributed by atoms with Crippen molar-refractivity contribution in [1.29, 1.82) is 0 Å². The van der Waals surface area contributed by atoms with Gasteiger partial charge in [-0.3, -0.25) is 0 Å². The zero-order valence-electron chi connectivity index (χ0n) is 11.2. The predicted octanol–water partition coefficient (Wildman–Crippen LogP) is 0.120. The quantitative estimate of drug-likeness (QED) is 0.842. The molecule has 1 aromatic heterocycles. The molecule has 1 fully saturated rings. The van der Waals surface area contributed by atoms with E-state index in [0.29, 0.717) is 18.8 Å². The second-order valence-electron chi connectivity index (χ2n) is 4.74. The number of ether oxygens (including phenoxy) is 1. The zero-order valence-corrected chi connectivity index (χ0v) is 12.0. The van der Waals surface area contributed by atoms with Gasteiger partial charge in [-0.25, -0.2) is 17.8 Å². The Bertz CT molecular complexity index is 678. The van der Waals surface area contributed by atoms with Gasteiger partial charge in [0.05, 0.1) is 16.7 Å². The minimum atomic E-state index is -3.52. The summed E-state index contributed by atoms with van der Waals surface area (Å²) in [5.74, 6) is 0. The van der Waals surface area contributed by atoms with Crippen molar-refractivity contribution in [2.75, 3.05) is 13.2 Å². The van der Waals surface area contributed by atoms with Crippen molar-refractivity contribution in [3.05, 3.63) is 30.6 Å². The van der Waals surface area contributed by atoms with Crippen molar-refractivity contribution < 1.29 is 13.2 Å². The standard InChI is InChI=1S/C12H15N5O3S/c18-21(19,14-8-11-2-1-7-20-11)12-5-3-10(4-6-12)17-9-13-15-16-17/h3-6,9,11,14H,1-2,7-8H2/t11-/m0/s1. The summed E-state index contributed by atoms with van der Waals surface area (Å²) in [5, 5.41) is 10.8. The average Bonchev–Trinajstić information content (AvgIpc) is 3.19. The number of hydrogen-bond acceptors (Lipinski definition) is 6. The monoisotopic (exact) mass is 309 g/mol. The molecule has 1 aliphatic heterocycles.